The fraction of sp³-hybridized carbons (Fsp3) is 0.444. The summed E-state index contributed by atoms with van der Waals surface area (Å²) in [6, 6.07) is 22.8. The molecule has 3 atom stereocenters. The van der Waals surface area contributed by atoms with Crippen molar-refractivity contribution in [3.63, 3.8) is 0 Å². The number of hydrogen-bond donors (Lipinski definition) is 2. The number of hydrogen-bond acceptors (Lipinski definition) is 5. The second kappa shape index (κ2) is 13.0. The Hall–Kier alpha value is -3.55. The number of nitrogens with one attached hydrogen (secondary N) is 1. The molecule has 0 bridgehead atoms. The van der Waals surface area contributed by atoms with Crippen LogP contribution < -0.4 is 11.1 Å². The van der Waals surface area contributed by atoms with E-state index in [0.717, 1.165) is 24.8 Å². The van der Waals surface area contributed by atoms with Crippen LogP contribution in [0, 0.1) is 11.2 Å². The van der Waals surface area contributed by atoms with Crippen LogP contribution in [0.1, 0.15) is 100 Å². The molecule has 0 aromatic heterocycles. The minimum absolute atomic E-state index is 0.0398. The van der Waals surface area contributed by atoms with E-state index in [1.165, 1.54) is 17.7 Å². The van der Waals surface area contributed by atoms with Gasteiger partial charge in [0.1, 0.15) is 17.5 Å². The maximum Gasteiger partial charge on any atom is 0.338 e. The molecule has 4 rings (SSSR count). The van der Waals surface area contributed by atoms with E-state index in [2.05, 4.69) is 38.2 Å². The minimum atomic E-state index is -1.19. The van der Waals surface area contributed by atoms with Gasteiger partial charge in [0.2, 0.25) is 5.91 Å². The van der Waals surface area contributed by atoms with Crippen LogP contribution in [0.3, 0.4) is 0 Å². The Labute approximate surface area is 255 Å². The minimum Gasteiger partial charge on any atom is -0.459 e. The van der Waals surface area contributed by atoms with Crippen molar-refractivity contribution in [1.29, 1.82) is 0 Å². The number of halogens is 1. The second-order valence-electron chi connectivity index (χ2n) is 13.4. The number of esters is 1. The van der Waals surface area contributed by atoms with Crippen molar-refractivity contribution in [1.82, 2.24) is 10.2 Å². The zero-order chi connectivity index (χ0) is 31.4. The van der Waals surface area contributed by atoms with Crippen molar-refractivity contribution in [2.75, 3.05) is 0 Å². The number of benzene rings is 3. The standard InChI is InChI=1S/C36H46FN3O3/c1-25(2)43-33(42)28-14-18-29(19-15-28)36(38,24-23-34(3,4)5)40-32(41)31(27-16-20-30(37)21-17-27)39-35(40,6)22-10-13-26-11-8-7-9-12-26/h7-9,11-12,14-21,25,31,39H,10,13,22-24,38H2,1-6H3/t31?,35?,36-/m1/s1. The summed E-state index contributed by atoms with van der Waals surface area (Å²) in [4.78, 5) is 28.9. The summed E-state index contributed by atoms with van der Waals surface area (Å²) in [6.07, 6.45) is 3.35. The largest absolute Gasteiger partial charge is 0.459 e. The van der Waals surface area contributed by atoms with Crippen molar-refractivity contribution in [3.05, 3.63) is 107 Å². The molecule has 1 amide bonds. The molecule has 1 heterocycles. The van der Waals surface area contributed by atoms with Crippen LogP contribution in [0.4, 0.5) is 4.39 Å². The molecule has 1 fully saturated rings. The molecule has 0 spiro atoms. The van der Waals surface area contributed by atoms with E-state index >= 15 is 0 Å². The van der Waals surface area contributed by atoms with Crippen LogP contribution in [0.25, 0.3) is 0 Å². The Morgan fingerprint density at radius 2 is 1.63 bits per heavy atom. The summed E-state index contributed by atoms with van der Waals surface area (Å²) in [6.45, 7) is 12.1. The Morgan fingerprint density at radius 1 is 1.00 bits per heavy atom. The molecule has 3 aromatic rings. The summed E-state index contributed by atoms with van der Waals surface area (Å²) in [5.74, 6) is -0.917. The molecule has 1 aliphatic rings. The number of rotatable bonds is 11. The second-order valence-corrected chi connectivity index (χ2v) is 13.4. The van der Waals surface area contributed by atoms with Crippen LogP contribution in [-0.2, 0) is 21.6 Å². The summed E-state index contributed by atoms with van der Waals surface area (Å²) in [7, 11) is 0. The summed E-state index contributed by atoms with van der Waals surface area (Å²) in [5.41, 5.74) is 8.50. The van der Waals surface area contributed by atoms with Gasteiger partial charge in [0.25, 0.3) is 0 Å². The molecule has 1 aliphatic heterocycles. The van der Waals surface area contributed by atoms with Crippen LogP contribution >= 0.6 is 0 Å². The molecule has 1 saturated heterocycles. The molecule has 0 radical (unpaired) electrons. The maximum absolute atomic E-state index is 14.5. The molecule has 3 aromatic carbocycles. The Bertz CT molecular complexity index is 1390. The number of nitrogens with zero attached hydrogens (tertiary/aromatic N) is 1. The Morgan fingerprint density at radius 3 is 2.21 bits per heavy atom. The molecule has 6 nitrogen and oxygen atoms in total. The first-order valence-corrected chi connectivity index (χ1v) is 15.2. The van der Waals surface area contributed by atoms with E-state index in [1.807, 2.05) is 56.0 Å². The van der Waals surface area contributed by atoms with Gasteiger partial charge in [-0.3, -0.25) is 10.1 Å². The van der Waals surface area contributed by atoms with Crippen molar-refractivity contribution in [2.24, 2.45) is 11.1 Å². The molecule has 43 heavy (non-hydrogen) atoms. The first-order chi connectivity index (χ1) is 20.2. The first-order valence-electron chi connectivity index (χ1n) is 15.2. The first kappa shape index (κ1) is 32.4. The zero-order valence-corrected chi connectivity index (χ0v) is 26.3. The zero-order valence-electron chi connectivity index (χ0n) is 26.3. The quantitative estimate of drug-likeness (QED) is 0.231. The predicted molar refractivity (Wildman–Crippen MR) is 168 cm³/mol. The number of carbonyl (C=O) groups is 2. The lowest BCUT2D eigenvalue weighted by Crippen LogP contribution is -2.63. The monoisotopic (exact) mass is 587 g/mol. The van der Waals surface area contributed by atoms with E-state index in [4.69, 9.17) is 10.5 Å². The molecule has 0 saturated carbocycles. The van der Waals surface area contributed by atoms with Gasteiger partial charge in [-0.15, -0.1) is 0 Å². The van der Waals surface area contributed by atoms with Gasteiger partial charge in [-0.2, -0.15) is 0 Å². The fourth-order valence-electron chi connectivity index (χ4n) is 5.92. The SMILES string of the molecule is CC(C)OC(=O)c1ccc([C@@](N)(CCC(C)(C)C)N2C(=O)C(c3ccc(F)cc3)NC2(C)CCCc2ccccc2)cc1. The number of carbonyl (C=O) groups excluding carboxylic acids is 2. The van der Waals surface area contributed by atoms with Gasteiger partial charge in [-0.1, -0.05) is 75.4 Å². The average Bonchev–Trinajstić information content (AvgIpc) is 3.22. The van der Waals surface area contributed by atoms with Crippen LogP contribution in [0.2, 0.25) is 0 Å². The molecule has 7 heteroatoms. The summed E-state index contributed by atoms with van der Waals surface area (Å²) >= 11 is 0. The molecule has 0 aliphatic carbocycles. The van der Waals surface area contributed by atoms with E-state index in [1.54, 1.807) is 24.3 Å². The van der Waals surface area contributed by atoms with Gasteiger partial charge < -0.3 is 15.4 Å². The van der Waals surface area contributed by atoms with E-state index < -0.39 is 23.3 Å². The molecule has 3 N–H and O–H groups in total. The lowest BCUT2D eigenvalue weighted by molar-refractivity contribution is -0.142. The van der Waals surface area contributed by atoms with Gasteiger partial charge in [-0.05, 0) is 99.2 Å². The normalized spacial score (nSPS) is 20.3. The molecule has 2 unspecified atom stereocenters. The number of ether oxygens (including phenoxy) is 1. The topological polar surface area (TPSA) is 84.7 Å². The third-order valence-electron chi connectivity index (χ3n) is 8.21. The van der Waals surface area contributed by atoms with Crippen molar-refractivity contribution < 1.29 is 18.7 Å². The molecule has 230 valence electrons. The third kappa shape index (κ3) is 7.70. The number of nitrogens with two attached hydrogens (primary N) is 1. The third-order valence-corrected chi connectivity index (χ3v) is 8.21. The Kier molecular flexibility index (Phi) is 9.77. The Balaban J connectivity index is 1.75. The highest BCUT2D eigenvalue weighted by Gasteiger charge is 2.55. The highest BCUT2D eigenvalue weighted by molar-refractivity contribution is 5.90. The lowest BCUT2D eigenvalue weighted by atomic mass is 9.82. The molecular weight excluding hydrogens is 541 g/mol. The van der Waals surface area contributed by atoms with Gasteiger partial charge in [0.15, 0.2) is 0 Å². The van der Waals surface area contributed by atoms with Gasteiger partial charge in [-0.25, -0.2) is 9.18 Å². The smallest absolute Gasteiger partial charge is 0.338 e. The number of amides is 1. The predicted octanol–water partition coefficient (Wildman–Crippen LogP) is 7.24. The van der Waals surface area contributed by atoms with Crippen LogP contribution in [0.5, 0.6) is 0 Å². The number of aryl methyl sites for hydroxylation is 1. The highest BCUT2D eigenvalue weighted by atomic mass is 19.1. The van der Waals surface area contributed by atoms with Crippen LogP contribution in [-0.4, -0.2) is 28.5 Å². The van der Waals surface area contributed by atoms with Crippen molar-refractivity contribution in [2.45, 2.75) is 97.1 Å². The van der Waals surface area contributed by atoms with E-state index in [9.17, 15) is 14.0 Å². The summed E-state index contributed by atoms with van der Waals surface area (Å²) < 4.78 is 19.2. The van der Waals surface area contributed by atoms with Crippen molar-refractivity contribution >= 4 is 11.9 Å². The van der Waals surface area contributed by atoms with Gasteiger partial charge in [0, 0.05) is 0 Å². The van der Waals surface area contributed by atoms with Crippen molar-refractivity contribution in [3.8, 4) is 0 Å². The maximum atomic E-state index is 14.5. The molecular formula is C36H46FN3O3. The highest BCUT2D eigenvalue weighted by Crippen LogP contribution is 2.44. The fourth-order valence-corrected chi connectivity index (χ4v) is 5.92. The van der Waals surface area contributed by atoms with E-state index in [-0.39, 0.29) is 23.2 Å². The van der Waals surface area contributed by atoms with Gasteiger partial charge in [0.05, 0.1) is 17.3 Å². The lowest BCUT2D eigenvalue weighted by Gasteiger charge is -2.48. The van der Waals surface area contributed by atoms with E-state index in [0.29, 0.717) is 24.0 Å². The average molecular weight is 588 g/mol. The summed E-state index contributed by atoms with van der Waals surface area (Å²) in [5, 5.41) is 3.61. The van der Waals surface area contributed by atoms with Gasteiger partial charge >= 0.3 is 5.97 Å². The van der Waals surface area contributed by atoms with Crippen LogP contribution in [0.15, 0.2) is 78.9 Å².